The zero-order valence-corrected chi connectivity index (χ0v) is 18.8. The zero-order valence-electron chi connectivity index (χ0n) is 18.0. The van der Waals surface area contributed by atoms with Gasteiger partial charge in [0.25, 0.3) is 0 Å². The molecule has 2 saturated heterocycles. The van der Waals surface area contributed by atoms with E-state index >= 15 is 0 Å². The van der Waals surface area contributed by atoms with Gasteiger partial charge in [0.2, 0.25) is 5.91 Å². The summed E-state index contributed by atoms with van der Waals surface area (Å²) in [5, 5.41) is 10.4. The van der Waals surface area contributed by atoms with Crippen LogP contribution in [0.3, 0.4) is 0 Å². The predicted molar refractivity (Wildman–Crippen MR) is 126 cm³/mol. The number of ether oxygens (including phenoxy) is 1. The first kappa shape index (κ1) is 22.1. The molecule has 2 fully saturated rings. The Morgan fingerprint density at radius 1 is 1.32 bits per heavy atom. The Morgan fingerprint density at radius 2 is 2.16 bits per heavy atom. The van der Waals surface area contributed by atoms with Crippen molar-refractivity contribution in [1.82, 2.24) is 10.3 Å². The molecule has 0 spiro atoms. The molecule has 7 heteroatoms. The summed E-state index contributed by atoms with van der Waals surface area (Å²) < 4.78 is 5.50. The fourth-order valence-corrected chi connectivity index (χ4v) is 4.40. The molecule has 0 aliphatic carbocycles. The standard InChI is InChI=1S/C24H31ClN4O2/c1-24(7-10-31-11-8-24)16-28-19-6-2-4-17(12-19)20-13-22(27-15-21(20)25)29-23(30)18-5-3-9-26-14-18/h2,4,6,12-13,15,18,26,28H,3,5,7-11,14,16H2,1H3,(H,27,29,30). The normalized spacial score (nSPS) is 20.8. The van der Waals surface area contributed by atoms with E-state index < -0.39 is 0 Å². The number of nitrogens with zero attached hydrogens (tertiary/aromatic N) is 1. The molecule has 0 radical (unpaired) electrons. The molecule has 2 aliphatic rings. The van der Waals surface area contributed by atoms with Crippen molar-refractivity contribution >= 4 is 29.0 Å². The Balaban J connectivity index is 1.46. The van der Waals surface area contributed by atoms with E-state index in [1.807, 2.05) is 18.2 Å². The lowest BCUT2D eigenvalue weighted by atomic mass is 9.82. The fraction of sp³-hybridized carbons (Fsp3) is 0.500. The van der Waals surface area contributed by atoms with Gasteiger partial charge < -0.3 is 20.7 Å². The Kier molecular flexibility index (Phi) is 7.10. The van der Waals surface area contributed by atoms with E-state index in [4.69, 9.17) is 16.3 Å². The second-order valence-electron chi connectivity index (χ2n) is 8.94. The fourth-order valence-electron chi connectivity index (χ4n) is 4.19. The Morgan fingerprint density at radius 3 is 2.94 bits per heavy atom. The summed E-state index contributed by atoms with van der Waals surface area (Å²) in [6.45, 7) is 6.56. The molecule has 6 nitrogen and oxygen atoms in total. The van der Waals surface area contributed by atoms with Crippen LogP contribution < -0.4 is 16.0 Å². The van der Waals surface area contributed by atoms with Crippen LogP contribution in [0.15, 0.2) is 36.5 Å². The molecule has 0 saturated carbocycles. The van der Waals surface area contributed by atoms with Gasteiger partial charge in [-0.3, -0.25) is 4.79 Å². The number of hydrogen-bond acceptors (Lipinski definition) is 5. The van der Waals surface area contributed by atoms with Crippen molar-refractivity contribution in [3.05, 3.63) is 41.6 Å². The molecule has 2 aromatic rings. The van der Waals surface area contributed by atoms with Crippen molar-refractivity contribution in [2.24, 2.45) is 11.3 Å². The van der Waals surface area contributed by atoms with Crippen LogP contribution in [0.25, 0.3) is 11.1 Å². The van der Waals surface area contributed by atoms with E-state index in [0.29, 0.717) is 17.4 Å². The number of aromatic nitrogens is 1. The van der Waals surface area contributed by atoms with Crippen molar-refractivity contribution in [3.63, 3.8) is 0 Å². The number of piperidine rings is 1. The molecule has 166 valence electrons. The van der Waals surface area contributed by atoms with E-state index in [1.54, 1.807) is 6.20 Å². The van der Waals surface area contributed by atoms with Gasteiger partial charge in [-0.05, 0) is 61.4 Å². The van der Waals surface area contributed by atoms with Crippen molar-refractivity contribution in [1.29, 1.82) is 0 Å². The molecule has 1 amide bonds. The highest BCUT2D eigenvalue weighted by Gasteiger charge is 2.27. The minimum absolute atomic E-state index is 0.00750. The molecule has 3 heterocycles. The lowest BCUT2D eigenvalue weighted by Gasteiger charge is -2.34. The highest BCUT2D eigenvalue weighted by molar-refractivity contribution is 6.33. The smallest absolute Gasteiger partial charge is 0.229 e. The molecule has 1 atom stereocenters. The van der Waals surface area contributed by atoms with Crippen LogP contribution in [0.1, 0.15) is 32.6 Å². The number of hydrogen-bond donors (Lipinski definition) is 3. The summed E-state index contributed by atoms with van der Waals surface area (Å²) >= 11 is 6.47. The van der Waals surface area contributed by atoms with Crippen molar-refractivity contribution < 1.29 is 9.53 Å². The summed E-state index contributed by atoms with van der Waals surface area (Å²) in [4.78, 5) is 16.9. The first-order valence-electron chi connectivity index (χ1n) is 11.1. The van der Waals surface area contributed by atoms with Crippen molar-refractivity contribution in [2.75, 3.05) is 43.5 Å². The third kappa shape index (κ3) is 5.76. The topological polar surface area (TPSA) is 75.3 Å². The third-order valence-corrected chi connectivity index (χ3v) is 6.67. The molecule has 3 N–H and O–H groups in total. The van der Waals surface area contributed by atoms with Crippen LogP contribution in [0.4, 0.5) is 11.5 Å². The largest absolute Gasteiger partial charge is 0.384 e. The number of rotatable bonds is 6. The lowest BCUT2D eigenvalue weighted by Crippen LogP contribution is -2.37. The minimum atomic E-state index is -0.0197. The first-order valence-corrected chi connectivity index (χ1v) is 11.5. The first-order chi connectivity index (χ1) is 15.0. The van der Waals surface area contributed by atoms with Gasteiger partial charge in [-0.25, -0.2) is 4.98 Å². The third-order valence-electron chi connectivity index (χ3n) is 6.37. The van der Waals surface area contributed by atoms with Crippen LogP contribution in [0.5, 0.6) is 0 Å². The van der Waals surface area contributed by atoms with Gasteiger partial charge in [0.1, 0.15) is 5.82 Å². The van der Waals surface area contributed by atoms with Gasteiger partial charge >= 0.3 is 0 Å². The van der Waals surface area contributed by atoms with E-state index in [-0.39, 0.29) is 17.2 Å². The summed E-state index contributed by atoms with van der Waals surface area (Å²) in [6, 6.07) is 10.1. The Bertz CT molecular complexity index is 908. The number of benzene rings is 1. The average molecular weight is 443 g/mol. The second-order valence-corrected chi connectivity index (χ2v) is 9.35. The van der Waals surface area contributed by atoms with E-state index in [2.05, 4.69) is 40.0 Å². The molecule has 1 unspecified atom stereocenters. The monoisotopic (exact) mass is 442 g/mol. The number of pyridine rings is 1. The predicted octanol–water partition coefficient (Wildman–Crippen LogP) is 4.57. The second kappa shape index (κ2) is 9.98. The minimum Gasteiger partial charge on any atom is -0.384 e. The highest BCUT2D eigenvalue weighted by Crippen LogP contribution is 2.33. The van der Waals surface area contributed by atoms with Gasteiger partial charge in [-0.15, -0.1) is 0 Å². The van der Waals surface area contributed by atoms with Crippen LogP contribution in [-0.4, -0.2) is 43.7 Å². The zero-order chi connectivity index (χ0) is 21.7. The number of anilines is 2. The summed E-state index contributed by atoms with van der Waals surface area (Å²) in [6.07, 6.45) is 5.65. The van der Waals surface area contributed by atoms with Crippen LogP contribution in [-0.2, 0) is 9.53 Å². The molecular weight excluding hydrogens is 412 g/mol. The van der Waals surface area contributed by atoms with E-state index in [1.165, 1.54) is 0 Å². The van der Waals surface area contributed by atoms with Gasteiger partial charge in [-0.2, -0.15) is 0 Å². The maximum absolute atomic E-state index is 12.6. The van der Waals surface area contributed by atoms with Crippen LogP contribution in [0, 0.1) is 11.3 Å². The van der Waals surface area contributed by atoms with Gasteiger partial charge in [0, 0.05) is 43.8 Å². The Labute approximate surface area is 189 Å². The molecule has 31 heavy (non-hydrogen) atoms. The maximum Gasteiger partial charge on any atom is 0.229 e. The lowest BCUT2D eigenvalue weighted by molar-refractivity contribution is -0.120. The van der Waals surface area contributed by atoms with Gasteiger partial charge in [-0.1, -0.05) is 30.7 Å². The SMILES string of the molecule is CC1(CNc2cccc(-c3cc(NC(=O)C4CCCNC4)ncc3Cl)c2)CCOCC1. The molecule has 2 aliphatic heterocycles. The number of carbonyl (C=O) groups is 1. The number of amides is 1. The van der Waals surface area contributed by atoms with Gasteiger partial charge in [0.05, 0.1) is 10.9 Å². The molecule has 0 bridgehead atoms. The average Bonchev–Trinajstić information content (AvgIpc) is 2.80. The number of nitrogens with one attached hydrogen (secondary N) is 3. The molecule has 4 rings (SSSR count). The van der Waals surface area contributed by atoms with Crippen molar-refractivity contribution in [3.8, 4) is 11.1 Å². The number of carbonyl (C=O) groups excluding carboxylic acids is 1. The van der Waals surface area contributed by atoms with Crippen LogP contribution >= 0.6 is 11.6 Å². The number of halogens is 1. The molecular formula is C24H31ClN4O2. The quantitative estimate of drug-likeness (QED) is 0.611. The summed E-state index contributed by atoms with van der Waals surface area (Å²) in [5.74, 6) is 0.518. The Hall–Kier alpha value is -2.15. The van der Waals surface area contributed by atoms with Crippen molar-refractivity contribution in [2.45, 2.75) is 32.6 Å². The van der Waals surface area contributed by atoms with E-state index in [9.17, 15) is 4.79 Å². The van der Waals surface area contributed by atoms with Gasteiger partial charge in [0.15, 0.2) is 0 Å². The molecule has 1 aromatic carbocycles. The maximum atomic E-state index is 12.6. The summed E-state index contributed by atoms with van der Waals surface area (Å²) in [7, 11) is 0. The highest BCUT2D eigenvalue weighted by atomic mass is 35.5. The summed E-state index contributed by atoms with van der Waals surface area (Å²) in [5.41, 5.74) is 3.14. The van der Waals surface area contributed by atoms with Crippen LogP contribution in [0.2, 0.25) is 5.02 Å². The molecule has 1 aromatic heterocycles. The van der Waals surface area contributed by atoms with E-state index in [0.717, 1.165) is 68.8 Å².